The van der Waals surface area contributed by atoms with Crippen LogP contribution in [0.5, 0.6) is 0 Å². The van der Waals surface area contributed by atoms with Crippen molar-refractivity contribution in [2.75, 3.05) is 5.32 Å². The third-order valence-electron chi connectivity index (χ3n) is 2.43. The first-order valence-corrected chi connectivity index (χ1v) is 7.12. The molecule has 1 aromatic carbocycles. The standard InChI is InChI=1S/C12H14ClIN2O3/c1-2-8(6-11(17)18)15-12(19)16-10-4-3-7(13)5-9(10)14/h3-5,8H,2,6H2,1H3,(H,17,18)(H2,15,16,19). The fraction of sp³-hybridized carbons (Fsp3) is 0.333. The normalized spacial score (nSPS) is 11.7. The van der Waals surface area contributed by atoms with E-state index in [-0.39, 0.29) is 12.5 Å². The summed E-state index contributed by atoms with van der Waals surface area (Å²) in [5, 5.41) is 14.6. The van der Waals surface area contributed by atoms with Crippen LogP contribution in [0, 0.1) is 3.57 Å². The summed E-state index contributed by atoms with van der Waals surface area (Å²) < 4.78 is 0.812. The van der Waals surface area contributed by atoms with Crippen LogP contribution in [0.4, 0.5) is 10.5 Å². The Labute approximate surface area is 129 Å². The summed E-state index contributed by atoms with van der Waals surface area (Å²) >= 11 is 7.88. The largest absolute Gasteiger partial charge is 0.481 e. The Bertz CT molecular complexity index is 482. The lowest BCUT2D eigenvalue weighted by atomic mass is 10.1. The zero-order valence-corrected chi connectivity index (χ0v) is 13.2. The molecule has 0 aliphatic rings. The minimum Gasteiger partial charge on any atom is -0.481 e. The molecule has 0 spiro atoms. The van der Waals surface area contributed by atoms with E-state index in [1.807, 2.05) is 6.92 Å². The van der Waals surface area contributed by atoms with E-state index in [9.17, 15) is 9.59 Å². The SMILES string of the molecule is CCC(CC(=O)O)NC(=O)Nc1ccc(Cl)cc1I. The zero-order chi connectivity index (χ0) is 14.4. The Hall–Kier alpha value is -1.02. The third-order valence-corrected chi connectivity index (χ3v) is 3.56. The number of carboxylic acid groups (broad SMARTS) is 1. The highest BCUT2D eigenvalue weighted by molar-refractivity contribution is 14.1. The second kappa shape index (κ2) is 7.54. The zero-order valence-electron chi connectivity index (χ0n) is 10.2. The molecule has 0 radical (unpaired) electrons. The van der Waals surface area contributed by atoms with E-state index in [0.717, 1.165) is 3.57 Å². The van der Waals surface area contributed by atoms with E-state index in [2.05, 4.69) is 33.2 Å². The topological polar surface area (TPSA) is 78.4 Å². The molecule has 0 aliphatic carbocycles. The molecule has 0 aliphatic heterocycles. The Morgan fingerprint density at radius 1 is 1.47 bits per heavy atom. The van der Waals surface area contributed by atoms with Crippen LogP contribution in [0.2, 0.25) is 5.02 Å². The number of hydrogen-bond acceptors (Lipinski definition) is 2. The minimum absolute atomic E-state index is 0.0956. The van der Waals surface area contributed by atoms with Crippen LogP contribution >= 0.6 is 34.2 Å². The number of anilines is 1. The molecule has 0 heterocycles. The van der Waals surface area contributed by atoms with E-state index in [0.29, 0.717) is 17.1 Å². The maximum Gasteiger partial charge on any atom is 0.319 e. The van der Waals surface area contributed by atoms with Crippen molar-refractivity contribution >= 4 is 51.9 Å². The summed E-state index contributed by atoms with van der Waals surface area (Å²) in [4.78, 5) is 22.4. The average Bonchev–Trinajstić information content (AvgIpc) is 2.31. The van der Waals surface area contributed by atoms with Crippen LogP contribution in [0.1, 0.15) is 19.8 Å². The van der Waals surface area contributed by atoms with Crippen LogP contribution in [-0.2, 0) is 4.79 Å². The van der Waals surface area contributed by atoms with Crippen molar-refractivity contribution in [3.63, 3.8) is 0 Å². The van der Waals surface area contributed by atoms with Gasteiger partial charge in [0.1, 0.15) is 0 Å². The van der Waals surface area contributed by atoms with Crippen molar-refractivity contribution in [1.82, 2.24) is 5.32 Å². The molecule has 104 valence electrons. The number of hydrogen-bond donors (Lipinski definition) is 3. The van der Waals surface area contributed by atoms with Gasteiger partial charge in [0, 0.05) is 14.6 Å². The molecule has 2 amide bonds. The molecule has 5 nitrogen and oxygen atoms in total. The number of halogens is 2. The molecule has 1 unspecified atom stereocenters. The number of carboxylic acids is 1. The predicted octanol–water partition coefficient (Wildman–Crippen LogP) is 3.32. The van der Waals surface area contributed by atoms with Gasteiger partial charge in [0.2, 0.25) is 0 Å². The maximum atomic E-state index is 11.7. The monoisotopic (exact) mass is 396 g/mol. The molecule has 0 saturated heterocycles. The molecule has 0 fully saturated rings. The van der Waals surface area contributed by atoms with Gasteiger partial charge in [0.25, 0.3) is 0 Å². The van der Waals surface area contributed by atoms with Gasteiger partial charge in [-0.25, -0.2) is 4.79 Å². The lowest BCUT2D eigenvalue weighted by Crippen LogP contribution is -2.39. The van der Waals surface area contributed by atoms with Gasteiger partial charge < -0.3 is 15.7 Å². The Morgan fingerprint density at radius 3 is 2.68 bits per heavy atom. The fourth-order valence-electron chi connectivity index (χ4n) is 1.44. The molecule has 19 heavy (non-hydrogen) atoms. The van der Waals surface area contributed by atoms with Gasteiger partial charge in [-0.1, -0.05) is 18.5 Å². The molecule has 3 N–H and O–H groups in total. The predicted molar refractivity (Wildman–Crippen MR) is 82.7 cm³/mol. The van der Waals surface area contributed by atoms with E-state index < -0.39 is 12.0 Å². The van der Waals surface area contributed by atoms with Gasteiger partial charge in [-0.2, -0.15) is 0 Å². The van der Waals surface area contributed by atoms with Gasteiger partial charge in [-0.15, -0.1) is 0 Å². The van der Waals surface area contributed by atoms with Crippen molar-refractivity contribution in [3.8, 4) is 0 Å². The van der Waals surface area contributed by atoms with Gasteiger partial charge in [-0.05, 0) is 47.2 Å². The maximum absolute atomic E-state index is 11.7. The van der Waals surface area contributed by atoms with Gasteiger partial charge in [0.15, 0.2) is 0 Å². The summed E-state index contributed by atoms with van der Waals surface area (Å²) in [5.41, 5.74) is 0.632. The van der Waals surface area contributed by atoms with E-state index in [4.69, 9.17) is 16.7 Å². The van der Waals surface area contributed by atoms with E-state index in [1.165, 1.54) is 0 Å². The Balaban J connectivity index is 2.61. The highest BCUT2D eigenvalue weighted by atomic mass is 127. The van der Waals surface area contributed by atoms with Crippen LogP contribution in [0.25, 0.3) is 0 Å². The van der Waals surface area contributed by atoms with Crippen molar-refractivity contribution in [1.29, 1.82) is 0 Å². The first-order valence-electron chi connectivity index (χ1n) is 5.66. The Kier molecular flexibility index (Phi) is 6.36. The number of carbonyl (C=O) groups excluding carboxylic acids is 1. The van der Waals surface area contributed by atoms with Crippen LogP contribution < -0.4 is 10.6 Å². The number of nitrogens with one attached hydrogen (secondary N) is 2. The first-order chi connectivity index (χ1) is 8.92. The lowest BCUT2D eigenvalue weighted by Gasteiger charge is -2.16. The van der Waals surface area contributed by atoms with Crippen molar-refractivity contribution in [2.24, 2.45) is 0 Å². The summed E-state index contributed by atoms with van der Waals surface area (Å²) in [5.74, 6) is -0.937. The lowest BCUT2D eigenvalue weighted by molar-refractivity contribution is -0.137. The summed E-state index contributed by atoms with van der Waals surface area (Å²) in [7, 11) is 0. The number of benzene rings is 1. The molecule has 1 atom stereocenters. The molecule has 0 aromatic heterocycles. The molecule has 1 aromatic rings. The molecule has 0 saturated carbocycles. The number of aliphatic carboxylic acids is 1. The van der Waals surface area contributed by atoms with Gasteiger partial charge in [0.05, 0.1) is 12.1 Å². The highest BCUT2D eigenvalue weighted by Crippen LogP contribution is 2.22. The quantitative estimate of drug-likeness (QED) is 0.668. The van der Waals surface area contributed by atoms with E-state index >= 15 is 0 Å². The molecular formula is C12H14ClIN2O3. The highest BCUT2D eigenvalue weighted by Gasteiger charge is 2.14. The molecular weight excluding hydrogens is 382 g/mol. The number of amides is 2. The summed E-state index contributed by atoms with van der Waals surface area (Å²) in [6.07, 6.45) is 0.457. The molecule has 0 bridgehead atoms. The smallest absolute Gasteiger partial charge is 0.319 e. The van der Waals surface area contributed by atoms with Crippen molar-refractivity contribution < 1.29 is 14.7 Å². The van der Waals surface area contributed by atoms with Crippen molar-refractivity contribution in [3.05, 3.63) is 26.8 Å². The first kappa shape index (κ1) is 16.0. The minimum atomic E-state index is -0.937. The van der Waals surface area contributed by atoms with Crippen LogP contribution in [0.15, 0.2) is 18.2 Å². The van der Waals surface area contributed by atoms with E-state index in [1.54, 1.807) is 18.2 Å². The second-order valence-electron chi connectivity index (χ2n) is 3.93. The summed E-state index contributed by atoms with van der Waals surface area (Å²) in [6, 6.07) is 4.29. The summed E-state index contributed by atoms with van der Waals surface area (Å²) in [6.45, 7) is 1.82. The van der Waals surface area contributed by atoms with Gasteiger partial charge in [-0.3, -0.25) is 4.79 Å². The average molecular weight is 397 g/mol. The van der Waals surface area contributed by atoms with Crippen LogP contribution in [0.3, 0.4) is 0 Å². The second-order valence-corrected chi connectivity index (χ2v) is 5.52. The molecule has 7 heteroatoms. The number of rotatable bonds is 5. The number of carbonyl (C=O) groups is 2. The Morgan fingerprint density at radius 2 is 2.16 bits per heavy atom. The molecule has 1 rings (SSSR count). The van der Waals surface area contributed by atoms with Gasteiger partial charge >= 0.3 is 12.0 Å². The van der Waals surface area contributed by atoms with Crippen molar-refractivity contribution in [2.45, 2.75) is 25.8 Å². The van der Waals surface area contributed by atoms with Crippen LogP contribution in [-0.4, -0.2) is 23.1 Å². The third kappa shape index (κ3) is 5.65. The number of urea groups is 1. The fourth-order valence-corrected chi connectivity index (χ4v) is 2.45.